The molecule has 0 heterocycles. The van der Waals surface area contributed by atoms with Crippen molar-refractivity contribution in [3.05, 3.63) is 40.0 Å². The minimum atomic E-state index is 0.230. The van der Waals surface area contributed by atoms with Crippen LogP contribution in [0, 0.1) is 3.57 Å². The van der Waals surface area contributed by atoms with Crippen LogP contribution in [0.3, 0.4) is 0 Å². The second kappa shape index (κ2) is 5.71. The van der Waals surface area contributed by atoms with Crippen molar-refractivity contribution in [3.63, 3.8) is 0 Å². The molecule has 0 N–H and O–H groups in total. The molecule has 0 atom stereocenters. The van der Waals surface area contributed by atoms with Gasteiger partial charge in [-0.3, -0.25) is 0 Å². The van der Waals surface area contributed by atoms with Crippen LogP contribution < -0.4 is 4.74 Å². The summed E-state index contributed by atoms with van der Waals surface area (Å²) in [5.74, 6) is 0.917. The highest BCUT2D eigenvalue weighted by atomic mass is 127. The maximum Gasteiger partial charge on any atom is 0.120 e. The predicted molar refractivity (Wildman–Crippen MR) is 78.2 cm³/mol. The van der Waals surface area contributed by atoms with Gasteiger partial charge < -0.3 is 4.74 Å². The van der Waals surface area contributed by atoms with Gasteiger partial charge in [-0.25, -0.2) is 0 Å². The van der Waals surface area contributed by atoms with E-state index < -0.39 is 0 Å². The molecule has 0 spiro atoms. The lowest BCUT2D eigenvalue weighted by Gasteiger charge is -2.25. The molecule has 0 radical (unpaired) electrons. The third kappa shape index (κ3) is 3.24. The Morgan fingerprint density at radius 1 is 1.44 bits per heavy atom. The smallest absolute Gasteiger partial charge is 0.120 e. The normalized spacial score (nSPS) is 11.2. The highest BCUT2D eigenvalue weighted by Crippen LogP contribution is 2.32. The van der Waals surface area contributed by atoms with Crippen molar-refractivity contribution >= 4 is 22.6 Å². The molecule has 16 heavy (non-hydrogen) atoms. The van der Waals surface area contributed by atoms with Crippen molar-refractivity contribution in [1.82, 2.24) is 0 Å². The summed E-state index contributed by atoms with van der Waals surface area (Å²) in [6, 6.07) is 6.30. The molecule has 0 unspecified atom stereocenters. The lowest BCUT2D eigenvalue weighted by Crippen LogP contribution is -2.17. The Balaban J connectivity index is 2.95. The summed E-state index contributed by atoms with van der Waals surface area (Å²) in [7, 11) is 0. The molecule has 2 heteroatoms. The molecule has 1 aromatic rings. The quantitative estimate of drug-likeness (QED) is 0.569. The molecule has 1 nitrogen and oxygen atoms in total. The Bertz CT molecular complexity index is 369. The third-order valence-corrected chi connectivity index (χ3v) is 3.81. The zero-order valence-electron chi connectivity index (χ0n) is 10.2. The molecule has 0 aromatic heterocycles. The Morgan fingerprint density at radius 3 is 2.62 bits per heavy atom. The van der Waals surface area contributed by atoms with Gasteiger partial charge in [-0.1, -0.05) is 39.5 Å². The molecule has 1 aromatic carbocycles. The van der Waals surface area contributed by atoms with Crippen LogP contribution in [0.25, 0.3) is 0 Å². The molecule has 0 amide bonds. The van der Waals surface area contributed by atoms with Crippen LogP contribution in [0.5, 0.6) is 5.75 Å². The molecule has 0 aliphatic heterocycles. The molecule has 0 saturated carbocycles. The van der Waals surface area contributed by atoms with Crippen LogP contribution in [0.1, 0.15) is 32.8 Å². The summed E-state index contributed by atoms with van der Waals surface area (Å²) >= 11 is 2.38. The van der Waals surface area contributed by atoms with Crippen LogP contribution in [0.2, 0.25) is 0 Å². The number of rotatable bonds is 5. The van der Waals surface area contributed by atoms with Crippen molar-refractivity contribution in [1.29, 1.82) is 0 Å². The van der Waals surface area contributed by atoms with Crippen molar-refractivity contribution in [2.24, 2.45) is 0 Å². The van der Waals surface area contributed by atoms with Gasteiger partial charge in [0.25, 0.3) is 0 Å². The van der Waals surface area contributed by atoms with Gasteiger partial charge in [0.1, 0.15) is 12.4 Å². The maximum absolute atomic E-state index is 5.51. The first-order valence-electron chi connectivity index (χ1n) is 5.55. The molecule has 0 fully saturated rings. The van der Waals surface area contributed by atoms with E-state index in [1.807, 2.05) is 6.07 Å². The van der Waals surface area contributed by atoms with E-state index in [1.54, 1.807) is 6.08 Å². The standard InChI is InChI=1S/C14H19IO/c1-5-9-16-11-7-8-12(13(15)10-11)14(3,4)6-2/h5,7-8,10H,1,6,9H2,2-4H3. The Morgan fingerprint density at radius 2 is 2.12 bits per heavy atom. The fraction of sp³-hybridized carbons (Fsp3) is 0.429. The largest absolute Gasteiger partial charge is 0.490 e. The Hall–Kier alpha value is -0.510. The summed E-state index contributed by atoms with van der Waals surface area (Å²) in [4.78, 5) is 0. The monoisotopic (exact) mass is 330 g/mol. The number of ether oxygens (including phenoxy) is 1. The number of benzene rings is 1. The Labute approximate surface area is 112 Å². The second-order valence-electron chi connectivity index (χ2n) is 4.48. The molecule has 88 valence electrons. The number of halogens is 1. The van der Waals surface area contributed by atoms with Gasteiger partial charge in [-0.15, -0.1) is 0 Å². The van der Waals surface area contributed by atoms with E-state index in [9.17, 15) is 0 Å². The van der Waals surface area contributed by atoms with E-state index in [0.717, 1.165) is 12.2 Å². The molecule has 0 aliphatic carbocycles. The van der Waals surface area contributed by atoms with Crippen molar-refractivity contribution in [2.45, 2.75) is 32.6 Å². The average molecular weight is 330 g/mol. The zero-order valence-corrected chi connectivity index (χ0v) is 12.4. The number of hydrogen-bond acceptors (Lipinski definition) is 1. The second-order valence-corrected chi connectivity index (χ2v) is 5.64. The molecule has 0 bridgehead atoms. The molecule has 1 rings (SSSR count). The van der Waals surface area contributed by atoms with Crippen LogP contribution in [0.15, 0.2) is 30.9 Å². The van der Waals surface area contributed by atoms with Crippen LogP contribution in [0.4, 0.5) is 0 Å². The van der Waals surface area contributed by atoms with Gasteiger partial charge >= 0.3 is 0 Å². The molecule has 0 saturated heterocycles. The first-order valence-corrected chi connectivity index (χ1v) is 6.63. The van der Waals surface area contributed by atoms with Gasteiger partial charge in [0.2, 0.25) is 0 Å². The average Bonchev–Trinajstić information content (AvgIpc) is 2.26. The van der Waals surface area contributed by atoms with E-state index >= 15 is 0 Å². The van der Waals surface area contributed by atoms with Gasteiger partial charge in [-0.05, 0) is 52.1 Å². The van der Waals surface area contributed by atoms with E-state index in [1.165, 1.54) is 9.13 Å². The topological polar surface area (TPSA) is 9.23 Å². The van der Waals surface area contributed by atoms with Crippen molar-refractivity contribution in [2.75, 3.05) is 6.61 Å². The van der Waals surface area contributed by atoms with Crippen LogP contribution in [-0.4, -0.2) is 6.61 Å². The summed E-state index contributed by atoms with van der Waals surface area (Å²) in [6.07, 6.45) is 2.90. The number of hydrogen-bond donors (Lipinski definition) is 0. The fourth-order valence-corrected chi connectivity index (χ4v) is 2.70. The van der Waals surface area contributed by atoms with E-state index in [4.69, 9.17) is 4.74 Å². The summed E-state index contributed by atoms with van der Waals surface area (Å²) in [6.45, 7) is 11.0. The summed E-state index contributed by atoms with van der Waals surface area (Å²) in [5.41, 5.74) is 1.62. The molecular weight excluding hydrogens is 311 g/mol. The van der Waals surface area contributed by atoms with Crippen molar-refractivity contribution in [3.8, 4) is 5.75 Å². The highest BCUT2D eigenvalue weighted by Gasteiger charge is 2.20. The van der Waals surface area contributed by atoms with Gasteiger partial charge in [0.05, 0.1) is 0 Å². The first kappa shape index (κ1) is 13.6. The van der Waals surface area contributed by atoms with E-state index in [2.05, 4.69) is 62.1 Å². The highest BCUT2D eigenvalue weighted by molar-refractivity contribution is 14.1. The summed E-state index contributed by atoms with van der Waals surface area (Å²) in [5, 5.41) is 0. The lowest BCUT2D eigenvalue weighted by atomic mass is 9.82. The fourth-order valence-electron chi connectivity index (χ4n) is 1.48. The van der Waals surface area contributed by atoms with Crippen LogP contribution >= 0.6 is 22.6 Å². The summed E-state index contributed by atoms with van der Waals surface area (Å²) < 4.78 is 6.78. The SMILES string of the molecule is C=CCOc1ccc(C(C)(C)CC)c(I)c1. The predicted octanol–water partition coefficient (Wildman–Crippen LogP) is 4.54. The van der Waals surface area contributed by atoms with E-state index in [0.29, 0.717) is 6.61 Å². The van der Waals surface area contributed by atoms with Gasteiger partial charge in [-0.2, -0.15) is 0 Å². The maximum atomic E-state index is 5.51. The minimum absolute atomic E-state index is 0.230. The van der Waals surface area contributed by atoms with E-state index in [-0.39, 0.29) is 5.41 Å². The van der Waals surface area contributed by atoms with Gasteiger partial charge in [0, 0.05) is 3.57 Å². The third-order valence-electron chi connectivity index (χ3n) is 2.92. The molecular formula is C14H19IO. The Kier molecular flexibility index (Phi) is 4.84. The van der Waals surface area contributed by atoms with Crippen LogP contribution in [-0.2, 0) is 5.41 Å². The van der Waals surface area contributed by atoms with Crippen molar-refractivity contribution < 1.29 is 4.74 Å². The first-order chi connectivity index (χ1) is 7.51. The lowest BCUT2D eigenvalue weighted by molar-refractivity contribution is 0.362. The minimum Gasteiger partial charge on any atom is -0.490 e. The zero-order chi connectivity index (χ0) is 12.2. The van der Waals surface area contributed by atoms with Gasteiger partial charge in [0.15, 0.2) is 0 Å². The molecule has 0 aliphatic rings.